The Balaban J connectivity index is -0.000000495. The number of esters is 8. The van der Waals surface area contributed by atoms with Crippen molar-refractivity contribution in [3.05, 3.63) is 130 Å². The first-order chi connectivity index (χ1) is 63.8. The fraction of sp³-hybridized carbons (Fsp3) is 0.467. The van der Waals surface area contributed by atoms with Crippen LogP contribution in [0.1, 0.15) is 203 Å². The Kier molecular flexibility index (Phi) is 62.6. The number of imidazole rings is 6. The molecule has 49 nitrogen and oxygen atoms in total. The van der Waals surface area contributed by atoms with Gasteiger partial charge in [0.1, 0.15) is 58.3 Å². The molecule has 0 bridgehead atoms. The number of halogens is 11. The van der Waals surface area contributed by atoms with Gasteiger partial charge in [0.15, 0.2) is 34.3 Å². The van der Waals surface area contributed by atoms with E-state index >= 15 is 0 Å². The second-order valence-electron chi connectivity index (χ2n) is 26.7. The minimum Gasteiger partial charge on any atom is -1.00 e. The smallest absolute Gasteiger partial charge is 1.00 e. The largest absolute Gasteiger partial charge is 1.00 e. The van der Waals surface area contributed by atoms with Crippen LogP contribution in [-0.4, -0.2) is 256 Å². The Labute approximate surface area is 903 Å². The molecule has 0 fully saturated rings. The predicted octanol–water partition coefficient (Wildman–Crippen LogP) is 5.07. The number of fused-ring (bicyclic) bond motifs is 3. The molecule has 3 amide bonds. The molecule has 0 aromatic carbocycles. The molecule has 0 unspecified atom stereocenters. The van der Waals surface area contributed by atoms with Gasteiger partial charge in [-0.1, -0.05) is 11.3 Å². The number of ether oxygens (including phenoxy) is 13. The monoisotopic (exact) mass is 2310 g/mol. The molecule has 9 aromatic rings. The molecule has 9 aromatic heterocycles. The molecule has 0 saturated heterocycles. The predicted molar refractivity (Wildman–Crippen MR) is 471 cm³/mol. The van der Waals surface area contributed by atoms with E-state index in [1.54, 1.807) is 123 Å². The van der Waals surface area contributed by atoms with Gasteiger partial charge in [-0.25, -0.2) is 117 Å². The van der Waals surface area contributed by atoms with Crippen LogP contribution in [0.3, 0.4) is 0 Å². The van der Waals surface area contributed by atoms with Gasteiger partial charge < -0.3 is 73.2 Å². The quantitative estimate of drug-likeness (QED) is 0.00620. The zero-order chi connectivity index (χ0) is 106. The van der Waals surface area contributed by atoms with E-state index in [1.165, 1.54) is 74.8 Å². The minimum atomic E-state index is -6.22. The number of amides is 3. The van der Waals surface area contributed by atoms with Crippen molar-refractivity contribution in [2.75, 3.05) is 91.0 Å². The van der Waals surface area contributed by atoms with Crippen molar-refractivity contribution in [2.45, 2.75) is 160 Å². The number of methoxy groups -OCH3 is 3. The van der Waals surface area contributed by atoms with E-state index in [9.17, 15) is 101 Å². The number of H-pyrrole nitrogens is 1. The summed E-state index contributed by atoms with van der Waals surface area (Å²) in [6.07, 6.45) is 6.18. The Hall–Kier alpha value is -9.79. The second kappa shape index (κ2) is 65.3. The van der Waals surface area contributed by atoms with Crippen molar-refractivity contribution in [3.63, 3.8) is 0 Å². The minimum absolute atomic E-state index is 0. The molecule has 760 valence electrons. The summed E-state index contributed by atoms with van der Waals surface area (Å²) < 4.78 is 178. The Bertz CT molecular complexity index is 5680. The van der Waals surface area contributed by atoms with Crippen LogP contribution in [0, 0.1) is 0 Å². The van der Waals surface area contributed by atoms with E-state index in [0.717, 1.165) is 24.7 Å². The summed E-state index contributed by atoms with van der Waals surface area (Å²) in [5.74, 6) is -6.93. The number of hydrogen-bond acceptors (Lipinski definition) is 39. The van der Waals surface area contributed by atoms with Gasteiger partial charge in [0.25, 0.3) is 6.47 Å². The Morgan fingerprint density at radius 3 is 1.26 bits per heavy atom. The molecule has 0 radical (unpaired) electrons. The third-order valence-electron chi connectivity index (χ3n) is 13.2. The maximum absolute atomic E-state index is 12.6. The average molecular weight is 2310 g/mol. The molecule has 0 saturated carbocycles. The first-order valence-corrected chi connectivity index (χ1v) is 42.4. The van der Waals surface area contributed by atoms with Crippen molar-refractivity contribution in [3.8, 4) is 11.5 Å². The van der Waals surface area contributed by atoms with Crippen molar-refractivity contribution >= 4 is 169 Å². The van der Waals surface area contributed by atoms with Gasteiger partial charge >= 0.3 is 190 Å². The normalized spacial score (nSPS) is 10.5. The number of nitrogens with zero attached hydrogens (tertiary/aromatic N) is 14. The molecular weight excluding hydrogens is 2210 g/mol. The maximum Gasteiger partial charge on any atom is 1.00 e. The van der Waals surface area contributed by atoms with E-state index in [1.807, 2.05) is 0 Å². The number of aromatic amines is 1. The van der Waals surface area contributed by atoms with Crippen molar-refractivity contribution in [1.82, 2.24) is 72.8 Å². The number of hydrogen-bond donors (Lipinski definition) is 4. The summed E-state index contributed by atoms with van der Waals surface area (Å²) in [4.78, 5) is 182. The van der Waals surface area contributed by atoms with Crippen LogP contribution in [-0.2, 0) is 92.6 Å². The Morgan fingerprint density at radius 2 is 0.891 bits per heavy atom. The van der Waals surface area contributed by atoms with Crippen LogP contribution in [0.2, 0.25) is 0 Å². The topological polar surface area (TPSA) is 608 Å². The van der Waals surface area contributed by atoms with E-state index in [4.69, 9.17) is 63.5 Å². The van der Waals surface area contributed by atoms with E-state index < -0.39 is 122 Å². The number of nitrogens with one attached hydrogen (secondary N) is 4. The molecular formula is C75H99Br4F7K2N18O31S. The van der Waals surface area contributed by atoms with Gasteiger partial charge in [-0.3, -0.25) is 33.5 Å². The molecule has 0 spiro atoms. The third kappa shape index (κ3) is 47.9. The summed E-state index contributed by atoms with van der Waals surface area (Å²) in [5, 5.41) is 13.8. The SMILES string of the molecule is CCOC(=O)CC(=O)c1nc(Br)cn1NC(=O)OC(C)(C)C.CCOC(=O)c1c[nH]n2cc(Br)nc2c1=O.CCOC(=O)c1cnn2cc(Br)nc2c1OC.CCOC(=O)c1cnn2cc(C(F)(F)F)nc2c1OC.CCOC(=O)c1nc(Br)cn1NC(=O)OC(C)(C)C.CCOC(=O)c1nccn1NC(=O)OC(C)(C)C.CCOC(C)=O.CF.COC(=O)C(F)(F)S(=O)(=O)F.O=CO[O-].[2H]C.[H-].[K+].[K+]. The number of alkyl halides is 6. The first-order valence-electron chi connectivity index (χ1n) is 38.8. The van der Waals surface area contributed by atoms with Gasteiger partial charge in [0.05, 0.1) is 118 Å². The number of Topliss-reactive ketones (excluding diaryl/α,β-unsaturated/α-hetero) is 1. The van der Waals surface area contributed by atoms with Gasteiger partial charge in [-0.2, -0.15) is 40.6 Å². The van der Waals surface area contributed by atoms with Crippen molar-refractivity contribution in [1.29, 1.82) is 0 Å². The average Bonchev–Trinajstić information content (AvgIpc) is 1.63. The zero-order valence-corrected chi connectivity index (χ0v) is 91.9. The van der Waals surface area contributed by atoms with Gasteiger partial charge in [-0.05, 0) is 174 Å². The number of carbonyl (C=O) groups excluding carboxylic acids is 13. The molecule has 0 aliphatic rings. The van der Waals surface area contributed by atoms with Crippen LogP contribution in [0.25, 0.3) is 16.9 Å². The molecule has 138 heavy (non-hydrogen) atoms. The maximum atomic E-state index is 12.6. The third-order valence-corrected chi connectivity index (χ3v) is 15.5. The summed E-state index contributed by atoms with van der Waals surface area (Å²) in [6.45, 7) is 30.4. The van der Waals surface area contributed by atoms with Gasteiger partial charge in [0, 0.05) is 26.9 Å². The fourth-order valence-corrected chi connectivity index (χ4v) is 10.3. The number of carbonyl (C=O) groups is 13. The second-order valence-corrected chi connectivity index (χ2v) is 31.4. The first kappa shape index (κ1) is 132. The van der Waals surface area contributed by atoms with Crippen LogP contribution in [0.4, 0.5) is 44.6 Å². The standard InChI is InChI=1S/C13H18BrN3O5.C11H16BrN3O4.C11H10F3N3O3.C11H17N3O4.C10H10BrN3O3.C9H8BrN3O3.C4H8O2.C3H3F3O4S.CH3F.CH2O3.CH4.2K.H/c1-5-21-10(19)6-8(18)11-15-9(14)7-17(11)16-12(20)22-13(2,3)4;1-5-18-9(16)8-13-7(12)6-15(8)14-10(17)19-11(2,3)4;1-3-20-10(18)6-4-15-17-5-7(11(12,13)14)16-9(17)8(6)19-2;1-5-17-9(15)8-12-6-7-14(8)13-10(16)18-11(2,3)4;1-3-17-10(15)6-4-12-14-5-7(11)13-9(14)8(6)16-2;1-2-16-9(15)5-3-11-13-4-6(10)12-8(13)7(5)14;1-3-6-4(2)5;1-10-2(7)3(4,5)11(6,8)9;1-2;2-1-4-3;;;;/h7H,5-6H2,1-4H3,(H,16,20);6H,5H2,1-4H3,(H,14,17);4-5H,3H2,1-2H3;6-7H,5H2,1-4H3,(H,13,16);4-5H,3H2,1-2H3;3-4,11H,2H2,1H3;3H2,1-2H3;1H3;1H3;1,3H;1H4;;;/q;;;;;;;;;;;2*+1;-1/p-1/i;;;;;;;;;;1D;;;. The van der Waals surface area contributed by atoms with Crippen molar-refractivity contribution < 1.29 is 278 Å². The molecule has 0 atom stereocenters. The summed E-state index contributed by atoms with van der Waals surface area (Å²) in [6, 6.07) is 0. The Morgan fingerprint density at radius 1 is 0.529 bits per heavy atom. The van der Waals surface area contributed by atoms with Crippen LogP contribution in [0.15, 0.2) is 85.2 Å². The van der Waals surface area contributed by atoms with E-state index in [0.29, 0.717) is 63.5 Å². The molecule has 63 heteroatoms. The fourth-order valence-electron chi connectivity index (χ4n) is 8.53. The van der Waals surface area contributed by atoms with Crippen LogP contribution >= 0.6 is 63.7 Å². The van der Waals surface area contributed by atoms with E-state index in [-0.39, 0.29) is 201 Å². The molecule has 9 heterocycles. The summed E-state index contributed by atoms with van der Waals surface area (Å²) >= 11 is 12.6. The number of ketones is 1. The van der Waals surface area contributed by atoms with E-state index in [2.05, 4.69) is 140 Å². The zero-order valence-electron chi connectivity index (χ0n) is 80.5. The molecule has 0 aliphatic heterocycles. The molecule has 4 N–H and O–H groups in total. The number of rotatable bonds is 23. The molecule has 9 rings (SSSR count). The van der Waals surface area contributed by atoms with Crippen LogP contribution in [0.5, 0.6) is 11.5 Å². The summed E-state index contributed by atoms with van der Waals surface area (Å²) in [5.41, 5.74) is 4.17. The number of aromatic nitrogens is 15. The summed E-state index contributed by atoms with van der Waals surface area (Å²) in [7, 11) is -1.26. The molecule has 0 aliphatic carbocycles. The van der Waals surface area contributed by atoms with Crippen molar-refractivity contribution in [2.24, 2.45) is 0 Å². The van der Waals surface area contributed by atoms with Crippen LogP contribution < -0.4 is 139 Å². The van der Waals surface area contributed by atoms with Gasteiger partial charge in [-0.15, -0.1) is 0 Å². The van der Waals surface area contributed by atoms with Gasteiger partial charge in [0.2, 0.25) is 28.5 Å².